The smallest absolute Gasteiger partial charge is 0.299 e. The molecule has 1 fully saturated rings. The maximum atomic E-state index is 13.0. The molecule has 1 aliphatic heterocycles. The molecule has 27 heavy (non-hydrogen) atoms. The van der Waals surface area contributed by atoms with Gasteiger partial charge in [-0.25, -0.2) is 13.8 Å². The fourth-order valence-corrected chi connectivity index (χ4v) is 4.66. The van der Waals surface area contributed by atoms with Gasteiger partial charge in [0.25, 0.3) is 6.43 Å². The van der Waals surface area contributed by atoms with Crippen molar-refractivity contribution in [1.29, 1.82) is 0 Å². The van der Waals surface area contributed by atoms with Crippen molar-refractivity contribution < 1.29 is 8.78 Å². The first kappa shape index (κ1) is 16.5. The van der Waals surface area contributed by atoms with Gasteiger partial charge in [-0.15, -0.1) is 26.6 Å². The molecule has 0 amide bonds. The highest BCUT2D eigenvalue weighted by Crippen LogP contribution is 2.34. The lowest BCUT2D eigenvalue weighted by molar-refractivity contribution is 0.137. The van der Waals surface area contributed by atoms with Crippen molar-refractivity contribution in [3.05, 3.63) is 47.2 Å². The summed E-state index contributed by atoms with van der Waals surface area (Å²) in [4.78, 5) is 6.90. The fraction of sp³-hybridized carbons (Fsp3) is 0.333. The lowest BCUT2D eigenvalue weighted by Gasteiger charge is -2.31. The molecule has 5 rings (SSSR count). The summed E-state index contributed by atoms with van der Waals surface area (Å²) in [5.41, 5.74) is 1.39. The maximum Gasteiger partial charge on any atom is 0.299 e. The minimum atomic E-state index is -2.70. The Labute approximate surface area is 157 Å². The quantitative estimate of drug-likeness (QED) is 0.532. The lowest BCUT2D eigenvalue weighted by atomic mass is 9.97. The van der Waals surface area contributed by atoms with Crippen LogP contribution in [-0.4, -0.2) is 37.9 Å². The maximum absolute atomic E-state index is 13.0. The normalized spacial score (nSPS) is 16.0. The molecule has 3 aromatic heterocycles. The van der Waals surface area contributed by atoms with Gasteiger partial charge >= 0.3 is 0 Å². The Balaban J connectivity index is 1.35. The zero-order valence-corrected chi connectivity index (χ0v) is 15.1. The molecule has 1 aliphatic rings. The minimum absolute atomic E-state index is 0.332. The monoisotopic (exact) mass is 386 g/mol. The van der Waals surface area contributed by atoms with Crippen LogP contribution in [0, 0.1) is 0 Å². The van der Waals surface area contributed by atoms with Crippen LogP contribution in [0.1, 0.15) is 36.0 Å². The average molecular weight is 386 g/mol. The minimum Gasteiger partial charge on any atom is -0.355 e. The zero-order valence-electron chi connectivity index (χ0n) is 14.3. The number of alkyl halides is 2. The summed E-state index contributed by atoms with van der Waals surface area (Å²) in [6, 6.07) is 11.7. The van der Waals surface area contributed by atoms with Crippen molar-refractivity contribution in [2.75, 3.05) is 18.0 Å². The first-order chi connectivity index (χ1) is 13.2. The molecule has 4 aromatic rings. The number of aromatic nitrogens is 5. The van der Waals surface area contributed by atoms with Gasteiger partial charge in [0.2, 0.25) is 5.82 Å². The predicted molar refractivity (Wildman–Crippen MR) is 99.5 cm³/mol. The van der Waals surface area contributed by atoms with Gasteiger partial charge in [-0.2, -0.15) is 4.52 Å². The number of benzene rings is 1. The number of halogens is 2. The van der Waals surface area contributed by atoms with Crippen molar-refractivity contribution in [2.24, 2.45) is 0 Å². The van der Waals surface area contributed by atoms with Gasteiger partial charge in [0.05, 0.1) is 15.2 Å². The number of anilines is 1. The van der Waals surface area contributed by atoms with Gasteiger partial charge in [-0.1, -0.05) is 12.1 Å². The molecule has 0 N–H and O–H groups in total. The molecule has 0 aliphatic carbocycles. The van der Waals surface area contributed by atoms with E-state index in [9.17, 15) is 8.78 Å². The van der Waals surface area contributed by atoms with Gasteiger partial charge in [-0.05, 0) is 37.1 Å². The predicted octanol–water partition coefficient (Wildman–Crippen LogP) is 4.06. The van der Waals surface area contributed by atoms with E-state index in [2.05, 4.69) is 26.3 Å². The van der Waals surface area contributed by atoms with Crippen molar-refractivity contribution in [3.8, 4) is 0 Å². The number of thiazole rings is 1. The number of fused-ring (bicyclic) bond motifs is 2. The van der Waals surface area contributed by atoms with E-state index < -0.39 is 12.2 Å². The first-order valence-electron chi connectivity index (χ1n) is 8.80. The standard InChI is InChI=1S/C18H16F2N6S/c19-16(20)17-23-22-14-5-6-15(24-26(14)17)25-9-7-11(8-10-25)18-21-12-3-1-2-4-13(12)27-18/h1-6,11,16H,7-10H2. The van der Waals surface area contributed by atoms with E-state index >= 15 is 0 Å². The van der Waals surface area contributed by atoms with Crippen LogP contribution in [-0.2, 0) is 0 Å². The van der Waals surface area contributed by atoms with E-state index in [-0.39, 0.29) is 0 Å². The summed E-state index contributed by atoms with van der Waals surface area (Å²) in [7, 11) is 0. The number of piperidine rings is 1. The van der Waals surface area contributed by atoms with Crippen molar-refractivity contribution in [3.63, 3.8) is 0 Å². The summed E-state index contributed by atoms with van der Waals surface area (Å²) in [6.07, 6.45) is -0.778. The van der Waals surface area contributed by atoms with Crippen LogP contribution in [0.5, 0.6) is 0 Å². The van der Waals surface area contributed by atoms with Crippen LogP contribution in [0.4, 0.5) is 14.6 Å². The molecule has 0 atom stereocenters. The SMILES string of the molecule is FC(F)c1nnc2ccc(N3CCC(c4nc5ccccc5s4)CC3)nn12. The molecule has 0 radical (unpaired) electrons. The van der Waals surface area contributed by atoms with E-state index in [4.69, 9.17) is 4.98 Å². The lowest BCUT2D eigenvalue weighted by Crippen LogP contribution is -2.33. The Morgan fingerprint density at radius 2 is 1.85 bits per heavy atom. The second kappa shape index (κ2) is 6.49. The Hall–Kier alpha value is -2.68. The van der Waals surface area contributed by atoms with Crippen molar-refractivity contribution in [2.45, 2.75) is 25.2 Å². The number of nitrogens with zero attached hydrogens (tertiary/aromatic N) is 6. The van der Waals surface area contributed by atoms with Crippen molar-refractivity contribution >= 4 is 33.0 Å². The highest BCUT2D eigenvalue weighted by atomic mass is 32.1. The third-order valence-corrected chi connectivity index (χ3v) is 6.15. The molecule has 0 bridgehead atoms. The molecule has 9 heteroatoms. The topological polar surface area (TPSA) is 59.2 Å². The van der Waals surface area contributed by atoms with Crippen molar-refractivity contribution in [1.82, 2.24) is 24.8 Å². The molecule has 0 saturated carbocycles. The average Bonchev–Trinajstić information content (AvgIpc) is 3.31. The number of hydrogen-bond acceptors (Lipinski definition) is 6. The van der Waals surface area contributed by atoms with Gasteiger partial charge in [0.15, 0.2) is 5.65 Å². The van der Waals surface area contributed by atoms with Crippen LogP contribution in [0.3, 0.4) is 0 Å². The Morgan fingerprint density at radius 3 is 2.63 bits per heavy atom. The molecule has 6 nitrogen and oxygen atoms in total. The van der Waals surface area contributed by atoms with Gasteiger partial charge in [0.1, 0.15) is 5.82 Å². The number of rotatable bonds is 3. The van der Waals surface area contributed by atoms with Crippen LogP contribution in [0.25, 0.3) is 15.9 Å². The molecular formula is C18H16F2N6S. The summed E-state index contributed by atoms with van der Waals surface area (Å²) in [6.45, 7) is 1.62. The molecule has 1 aromatic carbocycles. The highest BCUT2D eigenvalue weighted by molar-refractivity contribution is 7.18. The molecule has 0 unspecified atom stereocenters. The van der Waals surface area contributed by atoms with Gasteiger partial charge in [-0.3, -0.25) is 0 Å². The fourth-order valence-electron chi connectivity index (χ4n) is 3.52. The largest absolute Gasteiger partial charge is 0.355 e. The van der Waals surface area contributed by atoms with Crippen LogP contribution < -0.4 is 4.90 Å². The van der Waals surface area contributed by atoms with Gasteiger partial charge in [0, 0.05) is 19.0 Å². The van der Waals surface area contributed by atoms with Crippen LogP contribution in [0.15, 0.2) is 36.4 Å². The second-order valence-electron chi connectivity index (χ2n) is 6.60. The van der Waals surface area contributed by atoms with E-state index in [0.29, 0.717) is 17.4 Å². The summed E-state index contributed by atoms with van der Waals surface area (Å²) in [5.74, 6) is 0.678. The van der Waals surface area contributed by atoms with E-state index in [1.807, 2.05) is 24.3 Å². The summed E-state index contributed by atoms with van der Waals surface area (Å²) in [5, 5.41) is 12.8. The van der Waals surface area contributed by atoms with Gasteiger partial charge < -0.3 is 4.90 Å². The summed E-state index contributed by atoms with van der Waals surface area (Å²) >= 11 is 1.76. The third kappa shape index (κ3) is 2.91. The molecule has 4 heterocycles. The van der Waals surface area contributed by atoms with Crippen LogP contribution >= 0.6 is 11.3 Å². The molecular weight excluding hydrogens is 370 g/mol. The first-order valence-corrected chi connectivity index (χ1v) is 9.61. The van der Waals surface area contributed by atoms with Crippen LogP contribution in [0.2, 0.25) is 0 Å². The molecule has 0 spiro atoms. The Morgan fingerprint density at radius 1 is 1.04 bits per heavy atom. The summed E-state index contributed by atoms with van der Waals surface area (Å²) < 4.78 is 28.5. The zero-order chi connectivity index (χ0) is 18.4. The molecule has 1 saturated heterocycles. The third-order valence-electron chi connectivity index (χ3n) is 4.95. The number of hydrogen-bond donors (Lipinski definition) is 0. The van der Waals surface area contributed by atoms with E-state index in [0.717, 1.165) is 36.0 Å². The van der Waals surface area contributed by atoms with E-state index in [1.165, 1.54) is 9.71 Å². The number of para-hydroxylation sites is 1. The Kier molecular flexibility index (Phi) is 3.96. The van der Waals surface area contributed by atoms with E-state index in [1.54, 1.807) is 17.4 Å². The second-order valence-corrected chi connectivity index (χ2v) is 7.66. The molecule has 138 valence electrons. The highest BCUT2D eigenvalue weighted by Gasteiger charge is 2.25. The Bertz CT molecular complexity index is 1070.